The minimum Gasteiger partial charge on any atom is -0.367 e. The van der Waals surface area contributed by atoms with Crippen molar-refractivity contribution < 1.29 is 8.42 Å². The van der Waals surface area contributed by atoms with Gasteiger partial charge in [0, 0.05) is 37.9 Å². The van der Waals surface area contributed by atoms with E-state index in [1.165, 1.54) is 11.3 Å². The zero-order chi connectivity index (χ0) is 17.2. The quantitative estimate of drug-likeness (QED) is 0.620. The van der Waals surface area contributed by atoms with Gasteiger partial charge in [0.15, 0.2) is 15.8 Å². The van der Waals surface area contributed by atoms with Gasteiger partial charge in [-0.3, -0.25) is 4.99 Å². The molecule has 2 unspecified atom stereocenters. The Labute approximate surface area is 144 Å². The highest BCUT2D eigenvalue weighted by molar-refractivity contribution is 7.91. The van der Waals surface area contributed by atoms with Gasteiger partial charge in [-0.05, 0) is 31.4 Å². The molecule has 0 spiro atoms. The lowest BCUT2D eigenvalue weighted by molar-refractivity contribution is 0.599. The van der Waals surface area contributed by atoms with Crippen LogP contribution < -0.4 is 15.5 Å². The summed E-state index contributed by atoms with van der Waals surface area (Å²) in [4.78, 5) is 6.62. The van der Waals surface area contributed by atoms with Gasteiger partial charge in [0.2, 0.25) is 0 Å². The first-order chi connectivity index (χ1) is 11.5. The summed E-state index contributed by atoms with van der Waals surface area (Å²) in [6.45, 7) is 3.90. The van der Waals surface area contributed by atoms with E-state index >= 15 is 0 Å². The molecule has 1 saturated heterocycles. The molecule has 132 valence electrons. The number of rotatable bonds is 4. The van der Waals surface area contributed by atoms with Crippen molar-refractivity contribution in [3.05, 3.63) is 29.8 Å². The highest BCUT2D eigenvalue weighted by Crippen LogP contribution is 2.31. The Bertz CT molecular complexity index is 717. The van der Waals surface area contributed by atoms with Gasteiger partial charge in [-0.15, -0.1) is 0 Å². The molecule has 0 aromatic heterocycles. The summed E-state index contributed by atoms with van der Waals surface area (Å²) in [6.07, 6.45) is 1.74. The molecule has 0 aliphatic carbocycles. The molecular formula is C17H26N4O2S. The third-order valence-corrected chi connectivity index (χ3v) is 6.56. The lowest BCUT2D eigenvalue weighted by Crippen LogP contribution is -2.46. The van der Waals surface area contributed by atoms with Crippen LogP contribution in [0.25, 0.3) is 0 Å². The zero-order valence-electron chi connectivity index (χ0n) is 14.3. The maximum Gasteiger partial charge on any atom is 0.191 e. The first-order valence-electron chi connectivity index (χ1n) is 8.50. The Morgan fingerprint density at radius 3 is 2.88 bits per heavy atom. The minimum atomic E-state index is -2.88. The molecule has 6 nitrogen and oxygen atoms in total. The number of para-hydroxylation sites is 1. The van der Waals surface area contributed by atoms with E-state index in [0.717, 1.165) is 19.5 Å². The van der Waals surface area contributed by atoms with Crippen molar-refractivity contribution >= 4 is 21.5 Å². The molecule has 7 heteroatoms. The van der Waals surface area contributed by atoms with Crippen molar-refractivity contribution in [3.63, 3.8) is 0 Å². The number of aliphatic imine (C=N–C) groups is 1. The van der Waals surface area contributed by atoms with Crippen LogP contribution >= 0.6 is 0 Å². The minimum absolute atomic E-state index is 0.0346. The number of guanidine groups is 1. The van der Waals surface area contributed by atoms with Gasteiger partial charge in [-0.1, -0.05) is 18.2 Å². The molecule has 0 radical (unpaired) electrons. The number of sulfone groups is 1. The molecule has 2 heterocycles. The number of hydrogen-bond donors (Lipinski definition) is 2. The fourth-order valence-corrected chi connectivity index (χ4v) is 5.24. The first kappa shape index (κ1) is 17.1. The molecule has 1 aromatic rings. The summed E-state index contributed by atoms with van der Waals surface area (Å²) in [5, 5.41) is 6.52. The molecule has 0 saturated carbocycles. The number of nitrogens with zero attached hydrogens (tertiary/aromatic N) is 2. The third-order valence-electron chi connectivity index (χ3n) is 4.79. The molecule has 3 rings (SSSR count). The van der Waals surface area contributed by atoms with Crippen molar-refractivity contribution in [3.8, 4) is 0 Å². The molecule has 2 N–H and O–H groups in total. The van der Waals surface area contributed by atoms with Gasteiger partial charge in [0.1, 0.15) is 0 Å². The molecule has 2 aliphatic rings. The van der Waals surface area contributed by atoms with E-state index in [0.29, 0.717) is 18.4 Å². The van der Waals surface area contributed by atoms with Gasteiger partial charge in [-0.25, -0.2) is 8.42 Å². The van der Waals surface area contributed by atoms with Gasteiger partial charge < -0.3 is 15.5 Å². The molecule has 2 aliphatic heterocycles. The van der Waals surface area contributed by atoms with Gasteiger partial charge in [0.25, 0.3) is 0 Å². The first-order valence-corrected chi connectivity index (χ1v) is 10.3. The van der Waals surface area contributed by atoms with Crippen LogP contribution in [0.1, 0.15) is 18.9 Å². The van der Waals surface area contributed by atoms with Gasteiger partial charge >= 0.3 is 0 Å². The van der Waals surface area contributed by atoms with Crippen LogP contribution in [0.3, 0.4) is 0 Å². The topological polar surface area (TPSA) is 73.8 Å². The molecule has 1 aromatic carbocycles. The van der Waals surface area contributed by atoms with E-state index in [2.05, 4.69) is 51.7 Å². The average molecular weight is 350 g/mol. The molecule has 2 atom stereocenters. The SMILES string of the molecule is CN=C(NCCN1c2ccccc2CC1C)NC1CCS(=O)(=O)C1. The Kier molecular flexibility index (Phi) is 4.99. The summed E-state index contributed by atoms with van der Waals surface area (Å²) >= 11 is 0. The summed E-state index contributed by atoms with van der Waals surface area (Å²) in [5.41, 5.74) is 2.72. The summed E-state index contributed by atoms with van der Waals surface area (Å²) in [5.74, 6) is 1.14. The van der Waals surface area contributed by atoms with Crippen molar-refractivity contribution in [1.82, 2.24) is 10.6 Å². The highest BCUT2D eigenvalue weighted by Gasteiger charge is 2.28. The predicted octanol–water partition coefficient (Wildman–Crippen LogP) is 0.790. The van der Waals surface area contributed by atoms with E-state index in [9.17, 15) is 8.42 Å². The average Bonchev–Trinajstić information content (AvgIpc) is 3.05. The Balaban J connectivity index is 1.50. The maximum atomic E-state index is 11.5. The van der Waals surface area contributed by atoms with Crippen molar-refractivity contribution in [2.45, 2.75) is 31.8 Å². The summed E-state index contributed by atoms with van der Waals surface area (Å²) in [6, 6.07) is 9.01. The molecule has 24 heavy (non-hydrogen) atoms. The van der Waals surface area contributed by atoms with E-state index in [1.54, 1.807) is 7.05 Å². The Hall–Kier alpha value is -1.76. The second kappa shape index (κ2) is 7.01. The summed E-state index contributed by atoms with van der Waals surface area (Å²) < 4.78 is 23.1. The lowest BCUT2D eigenvalue weighted by Gasteiger charge is -2.25. The van der Waals surface area contributed by atoms with Gasteiger partial charge in [0.05, 0.1) is 11.5 Å². The summed E-state index contributed by atoms with van der Waals surface area (Å²) in [7, 11) is -1.16. The number of hydrogen-bond acceptors (Lipinski definition) is 4. The third kappa shape index (κ3) is 3.83. The van der Waals surface area contributed by atoms with E-state index < -0.39 is 9.84 Å². The van der Waals surface area contributed by atoms with Crippen LogP contribution in [-0.4, -0.2) is 58.1 Å². The smallest absolute Gasteiger partial charge is 0.191 e. The Morgan fingerprint density at radius 2 is 2.17 bits per heavy atom. The van der Waals surface area contributed by atoms with Crippen molar-refractivity contribution in [2.24, 2.45) is 4.99 Å². The predicted molar refractivity (Wildman–Crippen MR) is 98.5 cm³/mol. The van der Waals surface area contributed by atoms with Crippen LogP contribution in [-0.2, 0) is 16.3 Å². The molecule has 1 fully saturated rings. The number of anilines is 1. The zero-order valence-corrected chi connectivity index (χ0v) is 15.1. The van der Waals surface area contributed by atoms with Crippen LogP contribution in [0.5, 0.6) is 0 Å². The van der Waals surface area contributed by atoms with Crippen LogP contribution in [0.2, 0.25) is 0 Å². The fourth-order valence-electron chi connectivity index (χ4n) is 3.56. The van der Waals surface area contributed by atoms with Crippen LogP contribution in [0.15, 0.2) is 29.3 Å². The number of benzene rings is 1. The molecule has 0 amide bonds. The lowest BCUT2D eigenvalue weighted by atomic mass is 10.1. The monoisotopic (exact) mass is 350 g/mol. The Morgan fingerprint density at radius 1 is 1.38 bits per heavy atom. The van der Waals surface area contributed by atoms with E-state index in [-0.39, 0.29) is 17.5 Å². The van der Waals surface area contributed by atoms with E-state index in [1.807, 2.05) is 0 Å². The van der Waals surface area contributed by atoms with Gasteiger partial charge in [-0.2, -0.15) is 0 Å². The second-order valence-electron chi connectivity index (χ2n) is 6.62. The van der Waals surface area contributed by atoms with Crippen LogP contribution in [0, 0.1) is 0 Å². The standard InChI is InChI=1S/C17H26N4O2S/c1-13-11-14-5-3-4-6-16(14)21(13)9-8-19-17(18-2)20-15-7-10-24(22,23)12-15/h3-6,13,15H,7-12H2,1-2H3,(H2,18,19,20). The van der Waals surface area contributed by atoms with Crippen LogP contribution in [0.4, 0.5) is 5.69 Å². The number of fused-ring (bicyclic) bond motifs is 1. The van der Waals surface area contributed by atoms with Crippen molar-refractivity contribution in [2.75, 3.05) is 36.5 Å². The maximum absolute atomic E-state index is 11.5. The normalized spacial score (nSPS) is 25.6. The second-order valence-corrected chi connectivity index (χ2v) is 8.85. The fraction of sp³-hybridized carbons (Fsp3) is 0.588. The molecular weight excluding hydrogens is 324 g/mol. The van der Waals surface area contributed by atoms with Crippen molar-refractivity contribution in [1.29, 1.82) is 0 Å². The number of nitrogens with one attached hydrogen (secondary N) is 2. The largest absolute Gasteiger partial charge is 0.367 e. The molecule has 0 bridgehead atoms. The highest BCUT2D eigenvalue weighted by atomic mass is 32.2. The van der Waals surface area contributed by atoms with E-state index in [4.69, 9.17) is 0 Å².